The predicted molar refractivity (Wildman–Crippen MR) is 99.0 cm³/mol. The molecule has 136 valence electrons. The number of halogens is 2. The minimum atomic E-state index is -0.695. The summed E-state index contributed by atoms with van der Waals surface area (Å²) in [5.74, 6) is -0.621. The number of carbonyl (C=O) groups excluding carboxylic acids is 1. The Kier molecular flexibility index (Phi) is 4.99. The second-order valence-electron chi connectivity index (χ2n) is 5.96. The van der Waals surface area contributed by atoms with Gasteiger partial charge in [-0.05, 0) is 30.3 Å². The summed E-state index contributed by atoms with van der Waals surface area (Å²) in [5, 5.41) is 4.13. The normalized spacial score (nSPS) is 10.8. The number of carbonyl (C=O) groups is 1. The molecule has 0 saturated heterocycles. The van der Waals surface area contributed by atoms with Crippen LogP contribution in [0.4, 0.5) is 9.18 Å². The van der Waals surface area contributed by atoms with Crippen molar-refractivity contribution >= 4 is 28.5 Å². The van der Waals surface area contributed by atoms with Crippen molar-refractivity contribution in [1.29, 1.82) is 0 Å². The molecule has 0 aliphatic rings. The number of methoxy groups -OCH3 is 1. The molecule has 0 unspecified atom stereocenters. The highest BCUT2D eigenvalue weighted by Gasteiger charge is 2.13. The van der Waals surface area contributed by atoms with E-state index in [1.54, 1.807) is 26.2 Å². The average molecular weight is 377 g/mol. The lowest BCUT2D eigenvalue weighted by molar-refractivity contribution is 0.217. The molecule has 2 heterocycles. The van der Waals surface area contributed by atoms with Crippen LogP contribution in [0.15, 0.2) is 30.3 Å². The molecule has 0 fully saturated rings. The number of ether oxygens (including phenoxy) is 1. The fourth-order valence-corrected chi connectivity index (χ4v) is 2.83. The van der Waals surface area contributed by atoms with Gasteiger partial charge in [0.05, 0.1) is 24.4 Å². The van der Waals surface area contributed by atoms with Crippen molar-refractivity contribution in [3.63, 3.8) is 0 Å². The summed E-state index contributed by atoms with van der Waals surface area (Å²) in [6.07, 6.45) is 0. The SMILES string of the molecule is COc1ccc(-c2cc3[nH]c(CNC(=O)N(C)C)cc3cc2Cl)nc1F. The second-order valence-corrected chi connectivity index (χ2v) is 6.36. The lowest BCUT2D eigenvalue weighted by Crippen LogP contribution is -2.33. The summed E-state index contributed by atoms with van der Waals surface area (Å²) in [7, 11) is 4.73. The fraction of sp³-hybridized carbons (Fsp3) is 0.222. The van der Waals surface area contributed by atoms with Gasteiger partial charge in [0.15, 0.2) is 5.75 Å². The Morgan fingerprint density at radius 2 is 2.12 bits per heavy atom. The molecular weight excluding hydrogens is 359 g/mol. The van der Waals surface area contributed by atoms with Crippen LogP contribution in [0.1, 0.15) is 5.69 Å². The van der Waals surface area contributed by atoms with Gasteiger partial charge in [-0.2, -0.15) is 4.39 Å². The molecule has 2 amide bonds. The third-order valence-electron chi connectivity index (χ3n) is 3.91. The molecule has 1 aromatic carbocycles. The van der Waals surface area contributed by atoms with E-state index in [0.29, 0.717) is 22.8 Å². The van der Waals surface area contributed by atoms with Gasteiger partial charge in [0.2, 0.25) is 0 Å². The molecule has 3 aromatic rings. The molecule has 0 aliphatic heterocycles. The summed E-state index contributed by atoms with van der Waals surface area (Å²) in [5.41, 5.74) is 2.66. The fourth-order valence-electron chi connectivity index (χ4n) is 2.56. The van der Waals surface area contributed by atoms with Crippen LogP contribution in [0, 0.1) is 5.95 Å². The maximum Gasteiger partial charge on any atom is 0.317 e. The molecule has 0 radical (unpaired) electrons. The molecule has 26 heavy (non-hydrogen) atoms. The molecule has 0 aliphatic carbocycles. The van der Waals surface area contributed by atoms with Crippen LogP contribution >= 0.6 is 11.6 Å². The Balaban J connectivity index is 1.92. The number of aromatic amines is 1. The third-order valence-corrected chi connectivity index (χ3v) is 4.22. The summed E-state index contributed by atoms with van der Waals surface area (Å²) in [6.45, 7) is 0.355. The highest BCUT2D eigenvalue weighted by atomic mass is 35.5. The molecule has 0 saturated carbocycles. The predicted octanol–water partition coefficient (Wildman–Crippen LogP) is 3.80. The molecule has 0 spiro atoms. The van der Waals surface area contributed by atoms with Crippen molar-refractivity contribution in [3.05, 3.63) is 47.0 Å². The van der Waals surface area contributed by atoms with Gasteiger partial charge in [-0.25, -0.2) is 9.78 Å². The molecule has 6 nitrogen and oxygen atoms in total. The van der Waals surface area contributed by atoms with Crippen molar-refractivity contribution < 1.29 is 13.9 Å². The van der Waals surface area contributed by atoms with Crippen molar-refractivity contribution in [1.82, 2.24) is 20.2 Å². The first-order valence-corrected chi connectivity index (χ1v) is 8.24. The molecule has 0 atom stereocenters. The number of H-pyrrole nitrogens is 1. The average Bonchev–Trinajstić information content (AvgIpc) is 3.00. The van der Waals surface area contributed by atoms with Gasteiger partial charge in [-0.1, -0.05) is 11.6 Å². The zero-order valence-electron chi connectivity index (χ0n) is 14.6. The summed E-state index contributed by atoms with van der Waals surface area (Å²) in [4.78, 5) is 20.2. The highest BCUT2D eigenvalue weighted by Crippen LogP contribution is 2.32. The van der Waals surface area contributed by atoms with Gasteiger partial charge < -0.3 is 19.9 Å². The van der Waals surface area contributed by atoms with E-state index in [4.69, 9.17) is 16.3 Å². The number of nitrogens with one attached hydrogen (secondary N) is 2. The van der Waals surface area contributed by atoms with Crippen molar-refractivity contribution in [3.8, 4) is 17.0 Å². The minimum absolute atomic E-state index is 0.0738. The van der Waals surface area contributed by atoms with E-state index >= 15 is 0 Å². The van der Waals surface area contributed by atoms with Crippen LogP contribution < -0.4 is 10.1 Å². The van der Waals surface area contributed by atoms with Crippen molar-refractivity contribution in [2.75, 3.05) is 21.2 Å². The number of urea groups is 1. The molecule has 2 N–H and O–H groups in total. The van der Waals surface area contributed by atoms with Crippen LogP contribution in [0.3, 0.4) is 0 Å². The van der Waals surface area contributed by atoms with E-state index in [1.165, 1.54) is 18.1 Å². The number of nitrogens with zero attached hydrogens (tertiary/aromatic N) is 2. The number of amides is 2. The maximum atomic E-state index is 13.9. The minimum Gasteiger partial charge on any atom is -0.492 e. The monoisotopic (exact) mass is 376 g/mol. The Bertz CT molecular complexity index is 971. The number of fused-ring (bicyclic) bond motifs is 1. The standard InChI is InChI=1S/C18H18ClFN4O2/c1-24(2)18(25)21-9-11-6-10-7-13(19)12(8-15(10)22-11)14-4-5-16(26-3)17(20)23-14/h4-8,22H,9H2,1-3H3,(H,21,25). The number of hydrogen-bond acceptors (Lipinski definition) is 3. The van der Waals surface area contributed by atoms with Crippen molar-refractivity contribution in [2.45, 2.75) is 6.54 Å². The van der Waals surface area contributed by atoms with E-state index in [0.717, 1.165) is 16.6 Å². The summed E-state index contributed by atoms with van der Waals surface area (Å²) >= 11 is 6.36. The highest BCUT2D eigenvalue weighted by molar-refractivity contribution is 6.34. The van der Waals surface area contributed by atoms with Gasteiger partial charge in [-0.15, -0.1) is 0 Å². The lowest BCUT2D eigenvalue weighted by atomic mass is 10.1. The number of pyridine rings is 1. The third kappa shape index (κ3) is 3.57. The first-order valence-electron chi connectivity index (χ1n) is 7.86. The van der Waals surface area contributed by atoms with E-state index in [1.807, 2.05) is 12.1 Å². The van der Waals surface area contributed by atoms with Crippen molar-refractivity contribution in [2.24, 2.45) is 0 Å². The van der Waals surface area contributed by atoms with Crippen LogP contribution in [0.5, 0.6) is 5.75 Å². The lowest BCUT2D eigenvalue weighted by Gasteiger charge is -2.10. The van der Waals surface area contributed by atoms with E-state index in [2.05, 4.69) is 15.3 Å². The number of aromatic nitrogens is 2. The Morgan fingerprint density at radius 1 is 1.35 bits per heavy atom. The Morgan fingerprint density at radius 3 is 2.77 bits per heavy atom. The van der Waals surface area contributed by atoms with E-state index in [-0.39, 0.29) is 11.8 Å². The summed E-state index contributed by atoms with van der Waals surface area (Å²) in [6, 6.07) is 8.47. The molecule has 8 heteroatoms. The van der Waals surface area contributed by atoms with E-state index < -0.39 is 5.95 Å². The van der Waals surface area contributed by atoms with Crippen LogP contribution in [0.25, 0.3) is 22.2 Å². The maximum absolute atomic E-state index is 13.9. The Labute approximate surface area is 154 Å². The number of hydrogen-bond donors (Lipinski definition) is 2. The first-order chi connectivity index (χ1) is 12.4. The van der Waals surface area contributed by atoms with Crippen LogP contribution in [0.2, 0.25) is 5.02 Å². The molecule has 3 rings (SSSR count). The zero-order valence-corrected chi connectivity index (χ0v) is 15.3. The number of benzene rings is 1. The topological polar surface area (TPSA) is 70.2 Å². The van der Waals surface area contributed by atoms with Crippen LogP contribution in [-0.4, -0.2) is 42.1 Å². The summed E-state index contributed by atoms with van der Waals surface area (Å²) < 4.78 is 18.8. The largest absolute Gasteiger partial charge is 0.492 e. The van der Waals surface area contributed by atoms with E-state index in [9.17, 15) is 9.18 Å². The molecule has 0 bridgehead atoms. The van der Waals surface area contributed by atoms with Gasteiger partial charge in [0, 0.05) is 36.3 Å². The first kappa shape index (κ1) is 18.0. The molecular formula is C18H18ClFN4O2. The van der Waals surface area contributed by atoms with Crippen LogP contribution in [-0.2, 0) is 6.54 Å². The van der Waals surface area contributed by atoms with Gasteiger partial charge in [0.25, 0.3) is 5.95 Å². The molecule has 2 aromatic heterocycles. The second kappa shape index (κ2) is 7.21. The van der Waals surface area contributed by atoms with Gasteiger partial charge >= 0.3 is 6.03 Å². The Hall–Kier alpha value is -2.80. The zero-order chi connectivity index (χ0) is 18.8. The smallest absolute Gasteiger partial charge is 0.317 e. The number of rotatable bonds is 4. The van der Waals surface area contributed by atoms with Gasteiger partial charge in [0.1, 0.15) is 0 Å². The van der Waals surface area contributed by atoms with Gasteiger partial charge in [-0.3, -0.25) is 0 Å². The quantitative estimate of drug-likeness (QED) is 0.680.